The zero-order valence-electron chi connectivity index (χ0n) is 7.07. The van der Waals surface area contributed by atoms with E-state index >= 15 is 0 Å². The van der Waals surface area contributed by atoms with Crippen LogP contribution in [0.15, 0.2) is 27.9 Å². The Morgan fingerprint density at radius 1 is 1.57 bits per heavy atom. The molecule has 0 saturated carbocycles. The van der Waals surface area contributed by atoms with Gasteiger partial charge in [-0.15, -0.1) is 0 Å². The van der Waals surface area contributed by atoms with Gasteiger partial charge < -0.3 is 4.74 Å². The van der Waals surface area contributed by atoms with Crippen LogP contribution in [0, 0.1) is 5.82 Å². The van der Waals surface area contributed by atoms with Gasteiger partial charge in [-0.2, -0.15) is 4.39 Å². The molecule has 74 valence electrons. The second-order valence-electron chi connectivity index (χ2n) is 2.80. The van der Waals surface area contributed by atoms with Crippen LogP contribution in [0.4, 0.5) is 4.39 Å². The third-order valence-electron chi connectivity index (χ3n) is 1.86. The van der Waals surface area contributed by atoms with E-state index < -0.39 is 23.3 Å². The van der Waals surface area contributed by atoms with E-state index in [1.54, 1.807) is 12.2 Å². The molecule has 1 aromatic rings. The number of H-pyrrole nitrogens is 1. The van der Waals surface area contributed by atoms with Gasteiger partial charge in [-0.05, 0) is 6.08 Å². The van der Waals surface area contributed by atoms with E-state index in [9.17, 15) is 14.0 Å². The lowest BCUT2D eigenvalue weighted by atomic mass is 10.5. The zero-order chi connectivity index (χ0) is 10.1. The van der Waals surface area contributed by atoms with E-state index in [2.05, 4.69) is 0 Å². The normalized spacial score (nSPS) is 20.2. The first-order chi connectivity index (χ1) is 6.68. The highest BCUT2D eigenvalue weighted by Gasteiger charge is 2.14. The Morgan fingerprint density at radius 2 is 2.36 bits per heavy atom. The molecule has 0 aliphatic carbocycles. The number of hydrogen-bond acceptors (Lipinski definition) is 3. The number of halogens is 1. The number of ether oxygens (including phenoxy) is 1. The summed E-state index contributed by atoms with van der Waals surface area (Å²) in [4.78, 5) is 23.8. The molecule has 1 aromatic heterocycles. The van der Waals surface area contributed by atoms with Gasteiger partial charge in [0.2, 0.25) is 5.82 Å². The number of nitrogens with zero attached hydrogens (tertiary/aromatic N) is 1. The molecule has 0 amide bonds. The van der Waals surface area contributed by atoms with Gasteiger partial charge in [-0.1, -0.05) is 6.08 Å². The predicted molar refractivity (Wildman–Crippen MR) is 45.4 cm³/mol. The van der Waals surface area contributed by atoms with Crippen molar-refractivity contribution in [3.63, 3.8) is 0 Å². The number of nitrogens with one attached hydrogen (secondary N) is 1. The Hall–Kier alpha value is -1.69. The quantitative estimate of drug-likeness (QED) is 0.633. The van der Waals surface area contributed by atoms with E-state index in [1.165, 1.54) is 0 Å². The zero-order valence-corrected chi connectivity index (χ0v) is 7.07. The van der Waals surface area contributed by atoms with Gasteiger partial charge in [-0.3, -0.25) is 14.3 Å². The molecule has 0 bridgehead atoms. The molecule has 1 aliphatic heterocycles. The van der Waals surface area contributed by atoms with Crippen LogP contribution < -0.4 is 11.2 Å². The standard InChI is InChI=1S/C8H7FN2O3/c9-5-4-11(6-2-1-3-14-6)8(13)10-7(5)12/h1-2,4,6H,3H2,(H,10,12,13)/t6-/m0/s1. The van der Waals surface area contributed by atoms with E-state index in [0.717, 1.165) is 10.8 Å². The average Bonchev–Trinajstić information content (AvgIpc) is 2.64. The molecule has 0 spiro atoms. The molecule has 0 saturated heterocycles. The van der Waals surface area contributed by atoms with Crippen LogP contribution in [0.3, 0.4) is 0 Å². The van der Waals surface area contributed by atoms with Crippen molar-refractivity contribution < 1.29 is 9.13 Å². The maximum atomic E-state index is 12.8. The van der Waals surface area contributed by atoms with Crippen LogP contribution in [-0.2, 0) is 4.74 Å². The molecular formula is C8H7FN2O3. The molecular weight excluding hydrogens is 191 g/mol. The molecule has 14 heavy (non-hydrogen) atoms. The summed E-state index contributed by atoms with van der Waals surface area (Å²) in [5.74, 6) is -1.01. The van der Waals surface area contributed by atoms with Crippen molar-refractivity contribution >= 4 is 0 Å². The van der Waals surface area contributed by atoms with Gasteiger partial charge >= 0.3 is 5.69 Å². The minimum atomic E-state index is -1.02. The first kappa shape index (κ1) is 8.89. The van der Waals surface area contributed by atoms with Crippen LogP contribution >= 0.6 is 0 Å². The number of aromatic amines is 1. The predicted octanol–water partition coefficient (Wildman–Crippen LogP) is -0.239. The SMILES string of the molecule is O=c1[nH]c(=O)n([C@@H]2C=CCO2)cc1F. The smallest absolute Gasteiger partial charge is 0.330 e. The molecule has 0 fully saturated rings. The highest BCUT2D eigenvalue weighted by molar-refractivity contribution is 4.97. The number of hydrogen-bond donors (Lipinski definition) is 1. The lowest BCUT2D eigenvalue weighted by molar-refractivity contribution is 0.0711. The van der Waals surface area contributed by atoms with E-state index in [-0.39, 0.29) is 0 Å². The minimum absolute atomic E-state index is 0.373. The Kier molecular flexibility index (Phi) is 2.05. The Labute approximate surface area is 77.4 Å². The lowest BCUT2D eigenvalue weighted by Gasteiger charge is -2.10. The van der Waals surface area contributed by atoms with Crippen LogP contribution in [-0.4, -0.2) is 16.2 Å². The minimum Gasteiger partial charge on any atom is -0.350 e. The highest BCUT2D eigenvalue weighted by Crippen LogP contribution is 2.12. The van der Waals surface area contributed by atoms with Gasteiger partial charge in [0.15, 0.2) is 6.23 Å². The van der Waals surface area contributed by atoms with Crippen molar-refractivity contribution in [1.29, 1.82) is 0 Å². The first-order valence-electron chi connectivity index (χ1n) is 3.98. The molecule has 0 radical (unpaired) electrons. The summed E-state index contributed by atoms with van der Waals surface area (Å²) in [6, 6.07) is 0. The molecule has 1 atom stereocenters. The largest absolute Gasteiger partial charge is 0.350 e. The fraction of sp³-hybridized carbons (Fsp3) is 0.250. The fourth-order valence-corrected chi connectivity index (χ4v) is 1.20. The summed E-state index contributed by atoms with van der Waals surface area (Å²) in [5, 5.41) is 0. The molecule has 1 aliphatic rings. The van der Waals surface area contributed by atoms with Crippen LogP contribution in [0.2, 0.25) is 0 Å². The Bertz CT molecular complexity index is 488. The van der Waals surface area contributed by atoms with Gasteiger partial charge in [0, 0.05) is 0 Å². The highest BCUT2D eigenvalue weighted by atomic mass is 19.1. The Balaban J connectivity index is 2.53. The van der Waals surface area contributed by atoms with Gasteiger partial charge in [0.25, 0.3) is 5.56 Å². The number of aromatic nitrogens is 2. The molecule has 6 heteroatoms. The molecule has 1 N–H and O–H groups in total. The van der Waals surface area contributed by atoms with Crippen molar-refractivity contribution in [2.75, 3.05) is 6.61 Å². The summed E-state index contributed by atoms with van der Waals surface area (Å²) in [6.45, 7) is 0.373. The second kappa shape index (κ2) is 3.22. The summed E-state index contributed by atoms with van der Waals surface area (Å²) in [5.41, 5.74) is -1.71. The van der Waals surface area contributed by atoms with Crippen molar-refractivity contribution in [3.8, 4) is 0 Å². The molecule has 2 heterocycles. The van der Waals surface area contributed by atoms with Crippen LogP contribution in [0.25, 0.3) is 0 Å². The second-order valence-corrected chi connectivity index (χ2v) is 2.80. The maximum absolute atomic E-state index is 12.8. The van der Waals surface area contributed by atoms with Crippen molar-refractivity contribution in [2.24, 2.45) is 0 Å². The third-order valence-corrected chi connectivity index (χ3v) is 1.86. The fourth-order valence-electron chi connectivity index (χ4n) is 1.20. The van der Waals surface area contributed by atoms with E-state index in [1.807, 2.05) is 4.98 Å². The first-order valence-corrected chi connectivity index (χ1v) is 3.98. The molecule has 0 unspecified atom stereocenters. The van der Waals surface area contributed by atoms with Crippen LogP contribution in [0.1, 0.15) is 6.23 Å². The van der Waals surface area contributed by atoms with E-state index in [4.69, 9.17) is 4.74 Å². The summed E-state index contributed by atoms with van der Waals surface area (Å²) in [6.07, 6.45) is 3.52. The van der Waals surface area contributed by atoms with Crippen LogP contribution in [0.5, 0.6) is 0 Å². The summed E-state index contributed by atoms with van der Waals surface area (Å²) in [7, 11) is 0. The molecule has 5 nitrogen and oxygen atoms in total. The average molecular weight is 198 g/mol. The summed E-state index contributed by atoms with van der Waals surface area (Å²) >= 11 is 0. The van der Waals surface area contributed by atoms with Gasteiger partial charge in [-0.25, -0.2) is 4.79 Å². The van der Waals surface area contributed by atoms with Gasteiger partial charge in [0.05, 0.1) is 12.8 Å². The van der Waals surface area contributed by atoms with Crippen molar-refractivity contribution in [3.05, 3.63) is 45.0 Å². The topological polar surface area (TPSA) is 64.1 Å². The van der Waals surface area contributed by atoms with Gasteiger partial charge in [0.1, 0.15) is 0 Å². The maximum Gasteiger partial charge on any atom is 0.330 e. The number of rotatable bonds is 1. The monoisotopic (exact) mass is 198 g/mol. The van der Waals surface area contributed by atoms with Crippen molar-refractivity contribution in [2.45, 2.75) is 6.23 Å². The van der Waals surface area contributed by atoms with E-state index in [0.29, 0.717) is 6.61 Å². The third kappa shape index (κ3) is 1.39. The van der Waals surface area contributed by atoms with Crippen molar-refractivity contribution in [1.82, 2.24) is 9.55 Å². The Morgan fingerprint density at radius 3 is 3.00 bits per heavy atom. The lowest BCUT2D eigenvalue weighted by Crippen LogP contribution is -2.33. The molecule has 2 rings (SSSR count). The summed E-state index contributed by atoms with van der Waals surface area (Å²) < 4.78 is 18.9. The molecule has 0 aromatic carbocycles.